The molecule has 2 nitrogen and oxygen atoms in total. The average molecular weight is 263 g/mol. The normalized spacial score (nSPS) is 10.5. The van der Waals surface area contributed by atoms with E-state index in [9.17, 15) is 4.39 Å². The van der Waals surface area contributed by atoms with Crippen LogP contribution in [0, 0.1) is 12.7 Å². The van der Waals surface area contributed by atoms with E-state index in [0.717, 1.165) is 0 Å². The van der Waals surface area contributed by atoms with Gasteiger partial charge < -0.3 is 0 Å². The number of pyridine rings is 2. The third kappa shape index (κ3) is 2.18. The van der Waals surface area contributed by atoms with Crippen LogP contribution in [0.5, 0.6) is 0 Å². The highest BCUT2D eigenvalue weighted by Crippen LogP contribution is 2.31. The highest BCUT2D eigenvalue weighted by atomic mass is 19.1. The lowest BCUT2D eigenvalue weighted by molar-refractivity contribution is 0.633. The monoisotopic (exact) mass is 263 g/mol. The van der Waals surface area contributed by atoms with Crippen molar-refractivity contribution in [2.45, 2.75) is 0 Å². The Kier molecular flexibility index (Phi) is 3.25. The van der Waals surface area contributed by atoms with Crippen molar-refractivity contribution in [1.82, 2.24) is 9.97 Å². The second-order valence-corrected chi connectivity index (χ2v) is 4.39. The van der Waals surface area contributed by atoms with Gasteiger partial charge in [-0.15, -0.1) is 0 Å². The van der Waals surface area contributed by atoms with Crippen LogP contribution in [0.3, 0.4) is 0 Å². The lowest BCUT2D eigenvalue weighted by Gasteiger charge is -2.10. The van der Waals surface area contributed by atoms with Gasteiger partial charge >= 0.3 is 0 Å². The molecule has 3 aromatic rings. The van der Waals surface area contributed by atoms with E-state index in [1.54, 1.807) is 48.8 Å². The smallest absolute Gasteiger partial charge is 0.142 e. The first-order valence-electron chi connectivity index (χ1n) is 6.24. The van der Waals surface area contributed by atoms with Gasteiger partial charge in [-0.2, -0.15) is 0 Å². The Hall–Kier alpha value is -2.55. The van der Waals surface area contributed by atoms with Crippen LogP contribution in [0.25, 0.3) is 22.5 Å². The molecule has 0 N–H and O–H groups in total. The second-order valence-electron chi connectivity index (χ2n) is 4.39. The van der Waals surface area contributed by atoms with Crippen molar-refractivity contribution >= 4 is 0 Å². The molecule has 97 valence electrons. The van der Waals surface area contributed by atoms with Gasteiger partial charge in [0.05, 0.1) is 11.4 Å². The molecule has 1 radical (unpaired) electrons. The number of hydrogen-bond donors (Lipinski definition) is 0. The van der Waals surface area contributed by atoms with Crippen molar-refractivity contribution in [3.63, 3.8) is 0 Å². The number of hydrogen-bond acceptors (Lipinski definition) is 2. The lowest BCUT2D eigenvalue weighted by atomic mass is 9.99. The summed E-state index contributed by atoms with van der Waals surface area (Å²) in [4.78, 5) is 8.40. The van der Waals surface area contributed by atoms with Crippen LogP contribution in [0.2, 0.25) is 0 Å². The molecule has 0 saturated carbocycles. The van der Waals surface area contributed by atoms with Crippen molar-refractivity contribution in [3.05, 3.63) is 79.2 Å². The molecule has 0 saturated heterocycles. The van der Waals surface area contributed by atoms with Crippen LogP contribution < -0.4 is 0 Å². The first-order chi connectivity index (χ1) is 9.77. The maximum absolute atomic E-state index is 14.8. The summed E-state index contributed by atoms with van der Waals surface area (Å²) >= 11 is 0. The summed E-state index contributed by atoms with van der Waals surface area (Å²) in [6.07, 6.45) is 3.29. The molecular formula is C17H12FN2. The molecule has 0 bridgehead atoms. The molecule has 0 aliphatic carbocycles. The number of aromatic nitrogens is 2. The van der Waals surface area contributed by atoms with Gasteiger partial charge in [0.1, 0.15) is 5.82 Å². The summed E-state index contributed by atoms with van der Waals surface area (Å²) in [6, 6.07) is 14.3. The molecule has 0 spiro atoms. The number of benzene rings is 1. The Balaban J connectivity index is 2.22. The van der Waals surface area contributed by atoms with E-state index in [0.29, 0.717) is 28.1 Å². The van der Waals surface area contributed by atoms with Crippen LogP contribution >= 0.6 is 0 Å². The molecule has 3 heteroatoms. The van der Waals surface area contributed by atoms with Gasteiger partial charge in [-0.05, 0) is 42.8 Å². The average Bonchev–Trinajstić information content (AvgIpc) is 2.49. The van der Waals surface area contributed by atoms with Gasteiger partial charge in [0.2, 0.25) is 0 Å². The molecule has 3 rings (SSSR count). The highest BCUT2D eigenvalue weighted by Gasteiger charge is 2.15. The fourth-order valence-electron chi connectivity index (χ4n) is 2.12. The minimum Gasteiger partial charge on any atom is -0.256 e. The Morgan fingerprint density at radius 2 is 1.45 bits per heavy atom. The van der Waals surface area contributed by atoms with Crippen LogP contribution in [0.1, 0.15) is 5.56 Å². The zero-order valence-electron chi connectivity index (χ0n) is 10.8. The van der Waals surface area contributed by atoms with E-state index in [-0.39, 0.29) is 5.82 Å². The molecule has 0 unspecified atom stereocenters. The van der Waals surface area contributed by atoms with Crippen molar-refractivity contribution in [2.24, 2.45) is 0 Å². The largest absolute Gasteiger partial charge is 0.256 e. The molecule has 0 fully saturated rings. The van der Waals surface area contributed by atoms with E-state index in [1.165, 1.54) is 0 Å². The van der Waals surface area contributed by atoms with Gasteiger partial charge in [0, 0.05) is 23.5 Å². The third-order valence-electron chi connectivity index (χ3n) is 3.09. The van der Waals surface area contributed by atoms with Gasteiger partial charge in [-0.3, -0.25) is 9.97 Å². The second kappa shape index (κ2) is 5.21. The van der Waals surface area contributed by atoms with Gasteiger partial charge in [-0.1, -0.05) is 18.2 Å². The maximum atomic E-state index is 14.8. The molecule has 0 atom stereocenters. The highest BCUT2D eigenvalue weighted by molar-refractivity contribution is 5.74. The van der Waals surface area contributed by atoms with Crippen molar-refractivity contribution in [2.75, 3.05) is 0 Å². The van der Waals surface area contributed by atoms with E-state index in [4.69, 9.17) is 0 Å². The summed E-state index contributed by atoms with van der Waals surface area (Å²) in [5.74, 6) is -0.338. The molecule has 2 heterocycles. The summed E-state index contributed by atoms with van der Waals surface area (Å²) in [5, 5.41) is 0. The SMILES string of the molecule is [CH2]c1ccc(-c2ccccn2)c(F)c1-c1ccccn1. The Labute approximate surface area is 117 Å². The Bertz CT molecular complexity index is 725. The predicted octanol–water partition coefficient (Wildman–Crippen LogP) is 4.13. The van der Waals surface area contributed by atoms with Crippen molar-refractivity contribution in [1.29, 1.82) is 0 Å². The van der Waals surface area contributed by atoms with E-state index in [1.807, 2.05) is 12.1 Å². The summed E-state index contributed by atoms with van der Waals surface area (Å²) in [6.45, 7) is 3.89. The van der Waals surface area contributed by atoms with E-state index >= 15 is 0 Å². The van der Waals surface area contributed by atoms with Crippen LogP contribution in [0.15, 0.2) is 60.9 Å². The summed E-state index contributed by atoms with van der Waals surface area (Å²) in [5.41, 5.74) is 2.67. The molecule has 0 aliphatic heterocycles. The maximum Gasteiger partial charge on any atom is 0.142 e. The number of nitrogens with zero attached hydrogens (tertiary/aromatic N) is 2. The predicted molar refractivity (Wildman–Crippen MR) is 77.3 cm³/mol. The molecule has 0 amide bonds. The quantitative estimate of drug-likeness (QED) is 0.694. The zero-order valence-corrected chi connectivity index (χ0v) is 10.8. The first kappa shape index (κ1) is 12.5. The van der Waals surface area contributed by atoms with Crippen LogP contribution in [0.4, 0.5) is 4.39 Å². The summed E-state index contributed by atoms with van der Waals surface area (Å²) in [7, 11) is 0. The van der Waals surface area contributed by atoms with Crippen molar-refractivity contribution in [3.8, 4) is 22.5 Å². The topological polar surface area (TPSA) is 25.8 Å². The number of rotatable bonds is 2. The van der Waals surface area contributed by atoms with E-state index < -0.39 is 0 Å². The fraction of sp³-hybridized carbons (Fsp3) is 0. The summed E-state index contributed by atoms with van der Waals surface area (Å²) < 4.78 is 14.8. The fourth-order valence-corrected chi connectivity index (χ4v) is 2.12. The van der Waals surface area contributed by atoms with Gasteiger partial charge in [0.25, 0.3) is 0 Å². The Morgan fingerprint density at radius 1 is 0.800 bits per heavy atom. The Morgan fingerprint density at radius 3 is 2.05 bits per heavy atom. The standard InChI is InChI=1S/C17H12FN2/c1-12-8-9-13(14-6-2-4-10-19-14)17(18)16(12)15-7-3-5-11-20-15/h2-11H,1H2. The molecule has 2 aromatic heterocycles. The minimum absolute atomic E-state index is 0.338. The third-order valence-corrected chi connectivity index (χ3v) is 3.09. The van der Waals surface area contributed by atoms with E-state index in [2.05, 4.69) is 16.9 Å². The minimum atomic E-state index is -0.338. The number of halogens is 1. The lowest BCUT2D eigenvalue weighted by Crippen LogP contribution is -1.95. The van der Waals surface area contributed by atoms with Crippen LogP contribution in [-0.4, -0.2) is 9.97 Å². The molecular weight excluding hydrogens is 251 g/mol. The van der Waals surface area contributed by atoms with Gasteiger partial charge in [0.15, 0.2) is 0 Å². The van der Waals surface area contributed by atoms with Gasteiger partial charge in [-0.25, -0.2) is 4.39 Å². The van der Waals surface area contributed by atoms with Crippen LogP contribution in [-0.2, 0) is 0 Å². The molecule has 1 aromatic carbocycles. The zero-order chi connectivity index (χ0) is 13.9. The molecule has 20 heavy (non-hydrogen) atoms. The van der Waals surface area contributed by atoms with Crippen molar-refractivity contribution < 1.29 is 4.39 Å². The molecule has 0 aliphatic rings. The first-order valence-corrected chi connectivity index (χ1v) is 6.24.